The summed E-state index contributed by atoms with van der Waals surface area (Å²) in [7, 11) is -0.693. The Labute approximate surface area is 125 Å². The molecule has 0 aromatic rings. The fourth-order valence-corrected chi connectivity index (χ4v) is 6.67. The second-order valence-electron chi connectivity index (χ2n) is 5.54. The second-order valence-corrected chi connectivity index (χ2v) is 9.50. The van der Waals surface area contributed by atoms with E-state index in [9.17, 15) is 0 Å². The Morgan fingerprint density at radius 3 is 1.58 bits per heavy atom. The average molecular weight is 305 g/mol. The van der Waals surface area contributed by atoms with Crippen LogP contribution in [-0.2, 0) is 8.85 Å². The Morgan fingerprint density at radius 2 is 1.21 bits per heavy atom. The molecule has 0 aromatic carbocycles. The Balaban J connectivity index is 4.38. The third-order valence-electron chi connectivity index (χ3n) is 3.80. The normalized spacial score (nSPS) is 13.3. The van der Waals surface area contributed by atoms with Gasteiger partial charge in [-0.2, -0.15) is 0 Å². The predicted octanol–water partition coefficient (Wildman–Crippen LogP) is 3.43. The van der Waals surface area contributed by atoms with E-state index in [1.54, 1.807) is 0 Å². The summed E-state index contributed by atoms with van der Waals surface area (Å²) in [5.41, 5.74) is 0.221. The van der Waals surface area contributed by atoms with Crippen LogP contribution in [0.5, 0.6) is 0 Å². The van der Waals surface area contributed by atoms with E-state index in [4.69, 9.17) is 8.85 Å². The van der Waals surface area contributed by atoms with Crippen LogP contribution in [-0.4, -0.2) is 30.8 Å². The molecule has 0 unspecified atom stereocenters. The highest BCUT2D eigenvalue weighted by molar-refractivity contribution is 6.93. The zero-order chi connectivity index (χ0) is 14.4. The molecule has 2 nitrogen and oxygen atoms in total. The first-order valence-corrected chi connectivity index (χ1v) is 13.6. The molecule has 0 atom stereocenters. The maximum absolute atomic E-state index is 6.51. The molecule has 0 amide bonds. The van der Waals surface area contributed by atoms with Gasteiger partial charge in [-0.1, -0.05) is 59.3 Å². The maximum Gasteiger partial charge on any atom is 0.175 e. The summed E-state index contributed by atoms with van der Waals surface area (Å²) >= 11 is 0. The van der Waals surface area contributed by atoms with Gasteiger partial charge in [-0.15, -0.1) is 0 Å². The molecule has 4 heteroatoms. The van der Waals surface area contributed by atoms with Gasteiger partial charge < -0.3 is 8.85 Å². The second kappa shape index (κ2) is 13.3. The maximum atomic E-state index is 6.51. The van der Waals surface area contributed by atoms with Crippen molar-refractivity contribution in [3.8, 4) is 0 Å². The monoisotopic (exact) mass is 304 g/mol. The molecule has 0 saturated carbocycles. The SMILES string of the molecule is CCCCC(CCCC)(CCCC)O[SiH2][SiH2]OCC. The van der Waals surface area contributed by atoms with Crippen LogP contribution < -0.4 is 0 Å². The summed E-state index contributed by atoms with van der Waals surface area (Å²) in [5, 5.41) is 0. The van der Waals surface area contributed by atoms with Crippen molar-refractivity contribution in [3.63, 3.8) is 0 Å². The minimum absolute atomic E-state index is 0.221. The van der Waals surface area contributed by atoms with Crippen molar-refractivity contribution in [2.75, 3.05) is 6.61 Å². The van der Waals surface area contributed by atoms with Crippen molar-refractivity contribution < 1.29 is 8.85 Å². The van der Waals surface area contributed by atoms with Crippen molar-refractivity contribution in [2.45, 2.75) is 91.1 Å². The van der Waals surface area contributed by atoms with E-state index in [1.165, 1.54) is 57.8 Å². The summed E-state index contributed by atoms with van der Waals surface area (Å²) in [6, 6.07) is 0. The highest BCUT2D eigenvalue weighted by atomic mass is 29.2. The quantitative estimate of drug-likeness (QED) is 0.361. The van der Waals surface area contributed by atoms with Gasteiger partial charge >= 0.3 is 0 Å². The van der Waals surface area contributed by atoms with Crippen LogP contribution in [0.3, 0.4) is 0 Å². The molecular formula is C15H36O2Si2. The Kier molecular flexibility index (Phi) is 13.6. The van der Waals surface area contributed by atoms with Gasteiger partial charge in [0.1, 0.15) is 0 Å². The minimum Gasteiger partial charge on any atom is -0.425 e. The van der Waals surface area contributed by atoms with Crippen LogP contribution in [0.1, 0.15) is 85.5 Å². The van der Waals surface area contributed by atoms with Gasteiger partial charge in [-0.05, 0) is 26.2 Å². The highest BCUT2D eigenvalue weighted by Gasteiger charge is 2.28. The van der Waals surface area contributed by atoms with Gasteiger partial charge in [-0.3, -0.25) is 0 Å². The average Bonchev–Trinajstić information content (AvgIpc) is 2.44. The number of rotatable bonds is 14. The molecule has 0 N–H and O–H groups in total. The molecule has 0 aromatic heterocycles. The van der Waals surface area contributed by atoms with Gasteiger partial charge in [0.2, 0.25) is 0 Å². The van der Waals surface area contributed by atoms with Gasteiger partial charge in [0.15, 0.2) is 18.6 Å². The van der Waals surface area contributed by atoms with Crippen LogP contribution in [0, 0.1) is 0 Å². The lowest BCUT2D eigenvalue weighted by molar-refractivity contribution is 0.0408. The zero-order valence-electron chi connectivity index (χ0n) is 13.8. The number of unbranched alkanes of at least 4 members (excludes halogenated alkanes) is 3. The summed E-state index contributed by atoms with van der Waals surface area (Å²) < 4.78 is 12.1. The Morgan fingerprint density at radius 1 is 0.737 bits per heavy atom. The first-order chi connectivity index (χ1) is 9.24. The molecule has 0 bridgehead atoms. The van der Waals surface area contributed by atoms with Gasteiger partial charge in [-0.25, -0.2) is 0 Å². The van der Waals surface area contributed by atoms with E-state index in [0.29, 0.717) is 0 Å². The first-order valence-electron chi connectivity index (χ1n) is 8.46. The molecule has 0 heterocycles. The standard InChI is InChI=1S/C15H36O2Si2/c1-5-9-12-15(13-10-6-2,14-11-7-3)17-19-18-16-8-4/h5-14,18-19H2,1-4H3. The van der Waals surface area contributed by atoms with Crippen molar-refractivity contribution in [2.24, 2.45) is 0 Å². The largest absolute Gasteiger partial charge is 0.425 e. The van der Waals surface area contributed by atoms with Crippen LogP contribution in [0.4, 0.5) is 0 Å². The summed E-state index contributed by atoms with van der Waals surface area (Å²) in [5.74, 6) is 0. The molecule has 0 aliphatic heterocycles. The lowest BCUT2D eigenvalue weighted by Gasteiger charge is -2.35. The van der Waals surface area contributed by atoms with Crippen LogP contribution in [0.2, 0.25) is 0 Å². The van der Waals surface area contributed by atoms with Crippen molar-refractivity contribution >= 4 is 18.6 Å². The molecular weight excluding hydrogens is 268 g/mol. The van der Waals surface area contributed by atoms with E-state index in [-0.39, 0.29) is 24.2 Å². The molecule has 0 radical (unpaired) electrons. The van der Waals surface area contributed by atoms with E-state index in [0.717, 1.165) is 6.61 Å². The first kappa shape index (κ1) is 19.4. The molecule has 0 saturated heterocycles. The van der Waals surface area contributed by atoms with Crippen molar-refractivity contribution in [3.05, 3.63) is 0 Å². The summed E-state index contributed by atoms with van der Waals surface area (Å²) in [4.78, 5) is 0. The third kappa shape index (κ3) is 9.82. The van der Waals surface area contributed by atoms with Crippen LogP contribution in [0.25, 0.3) is 0 Å². The predicted molar refractivity (Wildman–Crippen MR) is 91.1 cm³/mol. The smallest absolute Gasteiger partial charge is 0.175 e. The Bertz CT molecular complexity index is 167. The fraction of sp³-hybridized carbons (Fsp3) is 1.00. The van der Waals surface area contributed by atoms with Gasteiger partial charge in [0.05, 0.1) is 5.60 Å². The molecule has 0 rings (SSSR count). The van der Waals surface area contributed by atoms with Gasteiger partial charge in [0, 0.05) is 6.61 Å². The molecule has 19 heavy (non-hydrogen) atoms. The van der Waals surface area contributed by atoms with E-state index in [1.807, 2.05) is 0 Å². The number of hydrogen-bond donors (Lipinski definition) is 0. The van der Waals surface area contributed by atoms with E-state index in [2.05, 4.69) is 27.7 Å². The van der Waals surface area contributed by atoms with Crippen molar-refractivity contribution in [1.82, 2.24) is 0 Å². The van der Waals surface area contributed by atoms with Crippen LogP contribution >= 0.6 is 0 Å². The summed E-state index contributed by atoms with van der Waals surface area (Å²) in [6.07, 6.45) is 11.6. The lowest BCUT2D eigenvalue weighted by Crippen LogP contribution is -2.36. The Hall–Kier alpha value is 0.354. The van der Waals surface area contributed by atoms with Crippen molar-refractivity contribution in [1.29, 1.82) is 0 Å². The topological polar surface area (TPSA) is 18.5 Å². The zero-order valence-corrected chi connectivity index (χ0v) is 16.6. The van der Waals surface area contributed by atoms with Gasteiger partial charge in [0.25, 0.3) is 0 Å². The highest BCUT2D eigenvalue weighted by Crippen LogP contribution is 2.31. The third-order valence-corrected chi connectivity index (χ3v) is 7.46. The van der Waals surface area contributed by atoms with E-state index < -0.39 is 0 Å². The van der Waals surface area contributed by atoms with E-state index >= 15 is 0 Å². The fourth-order valence-electron chi connectivity index (χ4n) is 2.55. The summed E-state index contributed by atoms with van der Waals surface area (Å²) in [6.45, 7) is 9.85. The molecule has 0 fully saturated rings. The molecule has 116 valence electrons. The molecule has 0 spiro atoms. The molecule has 0 aliphatic carbocycles. The molecule has 0 aliphatic rings. The number of hydrogen-bond acceptors (Lipinski definition) is 2. The van der Waals surface area contributed by atoms with Crippen LogP contribution in [0.15, 0.2) is 0 Å². The minimum atomic E-state index is -0.371. The lowest BCUT2D eigenvalue weighted by atomic mass is 9.86.